The van der Waals surface area contributed by atoms with Crippen LogP contribution in [0.4, 0.5) is 0 Å². The van der Waals surface area contributed by atoms with Crippen molar-refractivity contribution in [2.75, 3.05) is 13.1 Å². The zero-order valence-corrected chi connectivity index (χ0v) is 15.2. The molecule has 1 aromatic heterocycles. The molecule has 0 aliphatic carbocycles. The molecule has 3 heterocycles. The van der Waals surface area contributed by atoms with Crippen molar-refractivity contribution in [1.82, 2.24) is 10.2 Å². The predicted molar refractivity (Wildman–Crippen MR) is 95.1 cm³/mol. The van der Waals surface area contributed by atoms with Gasteiger partial charge in [-0.15, -0.1) is 23.7 Å². The quantitative estimate of drug-likeness (QED) is 0.908. The monoisotopic (exact) mass is 342 g/mol. The van der Waals surface area contributed by atoms with Crippen LogP contribution in [-0.4, -0.2) is 36.0 Å². The fourth-order valence-corrected chi connectivity index (χ4v) is 4.86. The van der Waals surface area contributed by atoms with E-state index in [2.05, 4.69) is 30.1 Å². The summed E-state index contributed by atoms with van der Waals surface area (Å²) in [7, 11) is 0. The van der Waals surface area contributed by atoms with Gasteiger partial charge < -0.3 is 10.2 Å². The number of carbonyl (C=O) groups excluding carboxylic acids is 1. The maximum Gasteiger partial charge on any atom is 0.223 e. The first-order valence-electron chi connectivity index (χ1n) is 8.23. The summed E-state index contributed by atoms with van der Waals surface area (Å²) < 4.78 is 0. The van der Waals surface area contributed by atoms with Crippen molar-refractivity contribution in [3.05, 3.63) is 21.4 Å². The third-order valence-corrected chi connectivity index (χ3v) is 5.93. The highest BCUT2D eigenvalue weighted by atomic mass is 35.5. The highest BCUT2D eigenvalue weighted by molar-refractivity contribution is 7.12. The zero-order valence-electron chi connectivity index (χ0n) is 13.6. The first kappa shape index (κ1) is 17.8. The van der Waals surface area contributed by atoms with Gasteiger partial charge in [0.25, 0.3) is 0 Å². The summed E-state index contributed by atoms with van der Waals surface area (Å²) in [5.74, 6) is 0.385. The number of carbonyl (C=O) groups is 1. The Kier molecular flexibility index (Phi) is 6.30. The first-order chi connectivity index (χ1) is 10.1. The van der Waals surface area contributed by atoms with Crippen molar-refractivity contribution in [3.8, 4) is 0 Å². The lowest BCUT2D eigenvalue weighted by Crippen LogP contribution is -2.42. The average Bonchev–Trinajstić information content (AvgIpc) is 2.87. The van der Waals surface area contributed by atoms with Crippen molar-refractivity contribution in [1.29, 1.82) is 0 Å². The van der Waals surface area contributed by atoms with Crippen LogP contribution in [0.25, 0.3) is 0 Å². The summed E-state index contributed by atoms with van der Waals surface area (Å²) in [6.07, 6.45) is 6.27. The minimum atomic E-state index is 0. The number of aryl methyl sites for hydroxylation is 3. The van der Waals surface area contributed by atoms with Gasteiger partial charge in [-0.25, -0.2) is 0 Å². The largest absolute Gasteiger partial charge is 0.335 e. The van der Waals surface area contributed by atoms with E-state index in [1.54, 1.807) is 0 Å². The van der Waals surface area contributed by atoms with Crippen molar-refractivity contribution in [3.63, 3.8) is 0 Å². The number of hydrogen-bond donors (Lipinski definition) is 1. The molecule has 0 aromatic carbocycles. The highest BCUT2D eigenvalue weighted by Crippen LogP contribution is 2.29. The normalized spacial score (nSPS) is 24.0. The van der Waals surface area contributed by atoms with Crippen LogP contribution in [-0.2, 0) is 11.2 Å². The molecule has 124 valence electrons. The van der Waals surface area contributed by atoms with Crippen LogP contribution in [0.15, 0.2) is 6.07 Å². The van der Waals surface area contributed by atoms with Gasteiger partial charge in [0.1, 0.15) is 0 Å². The molecule has 2 bridgehead atoms. The Morgan fingerprint density at radius 2 is 2.09 bits per heavy atom. The van der Waals surface area contributed by atoms with Gasteiger partial charge in [0.2, 0.25) is 5.91 Å². The molecule has 3 rings (SSSR count). The Morgan fingerprint density at radius 3 is 2.82 bits per heavy atom. The van der Waals surface area contributed by atoms with Gasteiger partial charge in [0.05, 0.1) is 0 Å². The summed E-state index contributed by atoms with van der Waals surface area (Å²) in [5.41, 5.74) is 1.44. The summed E-state index contributed by atoms with van der Waals surface area (Å²) in [5, 5.41) is 3.46. The van der Waals surface area contributed by atoms with Crippen molar-refractivity contribution in [2.45, 2.75) is 64.5 Å². The van der Waals surface area contributed by atoms with Gasteiger partial charge in [-0.1, -0.05) is 0 Å². The number of nitrogens with one attached hydrogen (secondary N) is 1. The highest BCUT2D eigenvalue weighted by Gasteiger charge is 2.37. The third kappa shape index (κ3) is 3.84. The van der Waals surface area contributed by atoms with E-state index in [4.69, 9.17) is 0 Å². The molecule has 1 N–H and O–H groups in total. The van der Waals surface area contributed by atoms with Crippen molar-refractivity contribution in [2.24, 2.45) is 0 Å². The minimum absolute atomic E-state index is 0. The number of rotatable bonds is 4. The Morgan fingerprint density at radius 1 is 1.32 bits per heavy atom. The molecule has 0 spiro atoms. The number of fused-ring (bicyclic) bond motifs is 2. The standard InChI is InChI=1S/C17H26N2OS.ClH/c1-12-10-14(13(2)21-12)4-3-5-17(20)19-15-6-7-16(19)11-18-9-8-15;/h10,15-16,18H,3-9,11H2,1-2H3;1H. The second-order valence-electron chi connectivity index (χ2n) is 6.47. The van der Waals surface area contributed by atoms with Gasteiger partial charge in [-0.3, -0.25) is 4.79 Å². The van der Waals surface area contributed by atoms with Gasteiger partial charge in [0.15, 0.2) is 0 Å². The van der Waals surface area contributed by atoms with E-state index in [0.29, 0.717) is 24.4 Å². The molecule has 0 radical (unpaired) electrons. The summed E-state index contributed by atoms with van der Waals surface area (Å²) in [4.78, 5) is 17.6. The van der Waals surface area contributed by atoms with Crippen LogP contribution in [0, 0.1) is 13.8 Å². The topological polar surface area (TPSA) is 32.3 Å². The van der Waals surface area contributed by atoms with E-state index in [1.165, 1.54) is 28.2 Å². The number of nitrogens with zero attached hydrogens (tertiary/aromatic N) is 1. The Labute approximate surface area is 143 Å². The van der Waals surface area contributed by atoms with E-state index in [0.717, 1.165) is 32.4 Å². The van der Waals surface area contributed by atoms with Gasteiger partial charge >= 0.3 is 0 Å². The van der Waals surface area contributed by atoms with Crippen molar-refractivity contribution >= 4 is 29.7 Å². The Hall–Kier alpha value is -0.580. The molecule has 1 aromatic rings. The van der Waals surface area contributed by atoms with Crippen molar-refractivity contribution < 1.29 is 4.79 Å². The van der Waals surface area contributed by atoms with E-state index in [9.17, 15) is 4.79 Å². The summed E-state index contributed by atoms with van der Waals surface area (Å²) in [6, 6.07) is 3.24. The van der Waals surface area contributed by atoms with Crippen LogP contribution >= 0.6 is 23.7 Å². The average molecular weight is 343 g/mol. The van der Waals surface area contributed by atoms with E-state index in [-0.39, 0.29) is 12.4 Å². The van der Waals surface area contributed by atoms with Gasteiger partial charge in [-0.2, -0.15) is 0 Å². The fourth-order valence-electron chi connectivity index (χ4n) is 3.88. The molecule has 0 saturated carbocycles. The van der Waals surface area contributed by atoms with Crippen LogP contribution in [0.2, 0.25) is 0 Å². The molecule has 2 aliphatic rings. The Balaban J connectivity index is 0.00000176. The first-order valence-corrected chi connectivity index (χ1v) is 9.04. The van der Waals surface area contributed by atoms with Gasteiger partial charge in [-0.05, 0) is 64.1 Å². The molecule has 2 atom stereocenters. The second kappa shape index (κ2) is 7.80. The zero-order chi connectivity index (χ0) is 14.8. The predicted octanol–water partition coefficient (Wildman–Crippen LogP) is 3.46. The van der Waals surface area contributed by atoms with Crippen LogP contribution in [0.3, 0.4) is 0 Å². The number of halogens is 1. The van der Waals surface area contributed by atoms with Crippen LogP contribution < -0.4 is 5.32 Å². The van der Waals surface area contributed by atoms with Gasteiger partial charge in [0, 0.05) is 34.8 Å². The maximum absolute atomic E-state index is 12.6. The third-order valence-electron chi connectivity index (χ3n) is 4.92. The molecule has 3 nitrogen and oxygen atoms in total. The Bertz CT molecular complexity index is 503. The van der Waals surface area contributed by atoms with Crippen LogP contribution in [0.1, 0.15) is 47.4 Å². The van der Waals surface area contributed by atoms with E-state index in [1.807, 2.05) is 11.3 Å². The molecule has 2 aliphatic heterocycles. The lowest BCUT2D eigenvalue weighted by atomic mass is 10.1. The lowest BCUT2D eigenvalue weighted by Gasteiger charge is -2.28. The maximum atomic E-state index is 12.6. The number of thiophene rings is 1. The number of hydrogen-bond acceptors (Lipinski definition) is 3. The summed E-state index contributed by atoms with van der Waals surface area (Å²) in [6.45, 7) is 6.41. The second-order valence-corrected chi connectivity index (χ2v) is 7.93. The smallest absolute Gasteiger partial charge is 0.223 e. The molecule has 22 heavy (non-hydrogen) atoms. The molecule has 1 amide bonds. The fraction of sp³-hybridized carbons (Fsp3) is 0.706. The van der Waals surface area contributed by atoms with Crippen LogP contribution in [0.5, 0.6) is 0 Å². The minimum Gasteiger partial charge on any atom is -0.335 e. The molecule has 2 saturated heterocycles. The van der Waals surface area contributed by atoms with E-state index < -0.39 is 0 Å². The van der Waals surface area contributed by atoms with E-state index >= 15 is 0 Å². The lowest BCUT2D eigenvalue weighted by molar-refractivity contribution is -0.133. The molecule has 5 heteroatoms. The molecule has 2 unspecified atom stereocenters. The number of amides is 1. The molecule has 2 fully saturated rings. The summed E-state index contributed by atoms with van der Waals surface area (Å²) >= 11 is 1.87. The molecular weight excluding hydrogens is 316 g/mol. The molecular formula is C17H27ClN2OS. The SMILES string of the molecule is Cc1cc(CCCC(=O)N2C3CCNCC2CC3)c(C)s1.Cl.